The van der Waals surface area contributed by atoms with Gasteiger partial charge in [-0.1, -0.05) is 113 Å². The van der Waals surface area contributed by atoms with Gasteiger partial charge in [0, 0.05) is 56.8 Å². The highest BCUT2D eigenvalue weighted by atomic mass is 32.2. The lowest BCUT2D eigenvalue weighted by atomic mass is 9.69. The standard InChI is InChI=1S/C27H38N2O4.C24H34N2O.C22H26N2O4S/c1-20(2)27(19-28,22-10-12-24(31-5)26(18-22)33-7)14-8-15-29(3)16-13-21-9-11-23(30-4)25(17-21)32-6;1-21(2)19-27-20-24(25-15-9-10-16-25)18-26(23-13-7-4-8-14-23)17-22-11-5-3-6-12-22;1-15(25)28-20-21(16-9-11-17(27-4)12-10-16)29-19-8-6-5-7-18(19)24(22(20)26)14-13-23(2)3/h9-12,17-18,20H,8,13-16H2,1-7H3;3-8,11-14,21,24H,9-10,15-20H2,1-2H3;5-12,20-21H,13-14H2,1-4H3/t;;20-,21+/m..1/s1. The van der Waals surface area contributed by atoms with Crippen molar-refractivity contribution in [2.24, 2.45) is 11.8 Å². The molecule has 0 aliphatic carbocycles. The monoisotopic (exact) mass is 1230 g/mol. The number of fused-ring (bicyclic) bond motifs is 1. The zero-order chi connectivity index (χ0) is 64.3. The third-order valence-corrected chi connectivity index (χ3v) is 17.7. The maximum absolute atomic E-state index is 13.6. The summed E-state index contributed by atoms with van der Waals surface area (Å²) in [6.07, 6.45) is 4.32. The molecule has 2 aliphatic heterocycles. The molecular weight excluding hydrogens is 1140 g/mol. The number of thioether (sulfide) groups is 1. The van der Waals surface area contributed by atoms with E-state index in [4.69, 9.17) is 33.2 Å². The van der Waals surface area contributed by atoms with Crippen molar-refractivity contribution in [1.82, 2.24) is 14.7 Å². The van der Waals surface area contributed by atoms with E-state index in [2.05, 4.69) is 122 Å². The minimum atomic E-state index is -0.916. The molecule has 6 aromatic rings. The number of likely N-dealkylation sites (N-methyl/N-ethyl adjacent to an activating group) is 2. The van der Waals surface area contributed by atoms with Crippen LogP contribution in [0.4, 0.5) is 11.4 Å². The fourth-order valence-electron chi connectivity index (χ4n) is 11.2. The number of esters is 1. The number of benzene rings is 6. The van der Waals surface area contributed by atoms with Gasteiger partial charge < -0.3 is 52.8 Å². The first-order valence-corrected chi connectivity index (χ1v) is 32.1. The molecule has 16 heteroatoms. The van der Waals surface area contributed by atoms with Crippen LogP contribution in [0, 0.1) is 23.2 Å². The van der Waals surface area contributed by atoms with Crippen LogP contribution >= 0.6 is 11.8 Å². The number of rotatable bonds is 29. The minimum Gasteiger partial charge on any atom is -0.497 e. The molecule has 2 heterocycles. The van der Waals surface area contributed by atoms with Crippen LogP contribution in [0.3, 0.4) is 0 Å². The number of hydrogen-bond acceptors (Lipinski definition) is 15. The van der Waals surface area contributed by atoms with Crippen LogP contribution in [0.1, 0.15) is 87.8 Å². The van der Waals surface area contributed by atoms with Crippen LogP contribution in [0.5, 0.6) is 28.7 Å². The summed E-state index contributed by atoms with van der Waals surface area (Å²) in [5.41, 5.74) is 5.99. The van der Waals surface area contributed by atoms with E-state index in [9.17, 15) is 14.9 Å². The first-order valence-electron chi connectivity index (χ1n) is 31.2. The number of nitriles is 1. The van der Waals surface area contributed by atoms with Gasteiger partial charge in [0.05, 0.1) is 70.6 Å². The summed E-state index contributed by atoms with van der Waals surface area (Å²) < 4.78 is 38.5. The number of anilines is 2. The molecule has 1 amide bonds. The van der Waals surface area contributed by atoms with Gasteiger partial charge in [0.2, 0.25) is 0 Å². The third kappa shape index (κ3) is 20.9. The summed E-state index contributed by atoms with van der Waals surface area (Å²) in [6.45, 7) is 19.0. The average Bonchev–Trinajstić information content (AvgIpc) is 2.37. The highest BCUT2D eigenvalue weighted by molar-refractivity contribution is 7.99. The smallest absolute Gasteiger partial charge is 0.303 e. The number of carbonyl (C=O) groups is 2. The summed E-state index contributed by atoms with van der Waals surface area (Å²) in [6, 6.07) is 51.9. The van der Waals surface area contributed by atoms with Crippen LogP contribution in [-0.4, -0.2) is 154 Å². The summed E-state index contributed by atoms with van der Waals surface area (Å²) >= 11 is 1.54. The number of nitrogens with zero attached hydrogens (tertiary/aromatic N) is 6. The SMILES string of the molecule is CC(C)COCC(CN(Cc1ccccc1)c1ccccc1)N1CCCC1.COc1ccc(CCN(C)CCCC(C#N)(c2ccc(OC)c(OC)c2)C(C)C)cc1OC.COc1ccc([C@@H]2Sc3ccccc3N(CCN(C)C)C(=O)[C@@H]2OC(C)=O)cc1. The van der Waals surface area contributed by atoms with Crippen molar-refractivity contribution in [3.8, 4) is 34.8 Å². The molecule has 1 saturated heterocycles. The first-order chi connectivity index (χ1) is 43.0. The normalized spacial score (nSPS) is 15.8. The van der Waals surface area contributed by atoms with Gasteiger partial charge in [0.1, 0.15) is 5.75 Å². The number of methoxy groups -OCH3 is 5. The molecule has 0 radical (unpaired) electrons. The Bertz CT molecular complexity index is 3100. The predicted molar refractivity (Wildman–Crippen MR) is 360 cm³/mol. The largest absolute Gasteiger partial charge is 0.497 e. The molecule has 0 bridgehead atoms. The number of amides is 1. The summed E-state index contributed by atoms with van der Waals surface area (Å²) in [7, 11) is 14.2. The van der Waals surface area contributed by atoms with Crippen molar-refractivity contribution in [3.63, 3.8) is 0 Å². The molecule has 6 aromatic carbocycles. The second kappa shape index (κ2) is 36.4. The van der Waals surface area contributed by atoms with Gasteiger partial charge in [-0.2, -0.15) is 5.26 Å². The zero-order valence-corrected chi connectivity index (χ0v) is 55.9. The van der Waals surface area contributed by atoms with Crippen LogP contribution in [-0.2, 0) is 37.4 Å². The number of carbonyl (C=O) groups excluding carboxylic acids is 2. The molecule has 0 spiro atoms. The van der Waals surface area contributed by atoms with Gasteiger partial charge in [-0.05, 0) is 168 Å². The van der Waals surface area contributed by atoms with E-state index in [1.165, 1.54) is 49.7 Å². The Morgan fingerprint density at radius 2 is 1.31 bits per heavy atom. The van der Waals surface area contributed by atoms with Crippen molar-refractivity contribution in [1.29, 1.82) is 5.26 Å². The fraction of sp³-hybridized carbons (Fsp3) is 0.466. The maximum Gasteiger partial charge on any atom is 0.303 e. The highest BCUT2D eigenvalue weighted by Gasteiger charge is 2.41. The van der Waals surface area contributed by atoms with Gasteiger partial charge in [0.15, 0.2) is 29.1 Å². The third-order valence-electron chi connectivity index (χ3n) is 16.3. The van der Waals surface area contributed by atoms with E-state index in [-0.39, 0.29) is 17.1 Å². The topological polar surface area (TPSA) is 139 Å². The predicted octanol–water partition coefficient (Wildman–Crippen LogP) is 13.3. The van der Waals surface area contributed by atoms with Crippen molar-refractivity contribution < 1.29 is 42.7 Å². The van der Waals surface area contributed by atoms with Gasteiger partial charge in [-0.15, -0.1) is 11.8 Å². The van der Waals surface area contributed by atoms with E-state index in [1.54, 1.807) is 52.2 Å². The molecule has 2 unspecified atom stereocenters. The number of para-hydroxylation sites is 2. The van der Waals surface area contributed by atoms with E-state index in [1.807, 2.05) is 97.9 Å². The second-order valence-corrected chi connectivity index (χ2v) is 25.0. The van der Waals surface area contributed by atoms with Crippen molar-refractivity contribution in [2.45, 2.75) is 101 Å². The number of likely N-dealkylation sites (tertiary alicyclic amines) is 1. The Morgan fingerprint density at radius 1 is 0.697 bits per heavy atom. The molecule has 0 aromatic heterocycles. The van der Waals surface area contributed by atoms with Gasteiger partial charge in [0.25, 0.3) is 5.91 Å². The van der Waals surface area contributed by atoms with E-state index < -0.39 is 17.5 Å². The van der Waals surface area contributed by atoms with Crippen molar-refractivity contribution >= 4 is 35.0 Å². The molecule has 480 valence electrons. The lowest BCUT2D eigenvalue weighted by Gasteiger charge is -2.34. The highest BCUT2D eigenvalue weighted by Crippen LogP contribution is 2.47. The summed E-state index contributed by atoms with van der Waals surface area (Å²) in [4.78, 5) is 37.6. The molecule has 0 N–H and O–H groups in total. The van der Waals surface area contributed by atoms with Crippen LogP contribution < -0.4 is 33.5 Å². The molecule has 89 heavy (non-hydrogen) atoms. The quantitative estimate of drug-likeness (QED) is 0.0411. The van der Waals surface area contributed by atoms with Gasteiger partial charge >= 0.3 is 5.97 Å². The van der Waals surface area contributed by atoms with E-state index in [0.29, 0.717) is 36.5 Å². The Balaban J connectivity index is 0.000000214. The summed E-state index contributed by atoms with van der Waals surface area (Å²) in [5, 5.41) is 9.88. The number of hydrogen-bond donors (Lipinski definition) is 0. The van der Waals surface area contributed by atoms with Gasteiger partial charge in [-0.3, -0.25) is 14.5 Å². The van der Waals surface area contributed by atoms with Crippen LogP contribution in [0.25, 0.3) is 0 Å². The number of ether oxygens (including phenoxy) is 7. The Labute approximate surface area is 536 Å². The average molecular weight is 1240 g/mol. The van der Waals surface area contributed by atoms with Gasteiger partial charge in [-0.25, -0.2) is 0 Å². The Kier molecular flexibility index (Phi) is 29.0. The first kappa shape index (κ1) is 70.8. The summed E-state index contributed by atoms with van der Waals surface area (Å²) in [5.74, 6) is 3.62. The Hall–Kier alpha value is -7.26. The van der Waals surface area contributed by atoms with E-state index in [0.717, 1.165) is 97.6 Å². The molecule has 4 atom stereocenters. The molecule has 8 rings (SSSR count). The Morgan fingerprint density at radius 3 is 1.91 bits per heavy atom. The molecule has 1 fully saturated rings. The van der Waals surface area contributed by atoms with Crippen LogP contribution in [0.2, 0.25) is 0 Å². The molecule has 0 saturated carbocycles. The van der Waals surface area contributed by atoms with E-state index >= 15 is 0 Å². The minimum absolute atomic E-state index is 0.165. The maximum atomic E-state index is 13.6. The second-order valence-electron chi connectivity index (χ2n) is 23.8. The fourth-order valence-corrected chi connectivity index (χ4v) is 12.6. The van der Waals surface area contributed by atoms with Crippen molar-refractivity contribution in [3.05, 3.63) is 168 Å². The molecule has 15 nitrogen and oxygen atoms in total. The molecular formula is C73H98N6O9S. The van der Waals surface area contributed by atoms with Crippen molar-refractivity contribution in [2.75, 3.05) is 126 Å². The molecule has 2 aliphatic rings. The lowest BCUT2D eigenvalue weighted by Crippen LogP contribution is -2.45. The lowest BCUT2D eigenvalue weighted by molar-refractivity contribution is -0.152. The van der Waals surface area contributed by atoms with Crippen LogP contribution in [0.15, 0.2) is 150 Å². The zero-order valence-electron chi connectivity index (χ0n) is 55.1.